The minimum Gasteiger partial charge on any atom is -0.497 e. The topological polar surface area (TPSA) is 197 Å². The minimum atomic E-state index is -3.78. The second-order valence-electron chi connectivity index (χ2n) is 18.3. The van der Waals surface area contributed by atoms with E-state index in [0.717, 1.165) is 30.8 Å². The van der Waals surface area contributed by atoms with Crippen LogP contribution in [-0.4, -0.2) is 101 Å². The number of carbonyl (C=O) groups is 4. The van der Waals surface area contributed by atoms with E-state index in [0.29, 0.717) is 39.4 Å². The molecule has 2 unspecified atom stereocenters. The van der Waals surface area contributed by atoms with Gasteiger partial charge < -0.3 is 39.8 Å². The van der Waals surface area contributed by atoms with Gasteiger partial charge in [0.1, 0.15) is 46.8 Å². The second kappa shape index (κ2) is 19.5. The Hall–Kier alpha value is -5.51. The molecule has 2 aromatic carbocycles. The molecule has 3 N–H and O–H groups in total. The number of thiazole rings is 1. The van der Waals surface area contributed by atoms with Crippen molar-refractivity contribution in [1.29, 1.82) is 0 Å². The minimum absolute atomic E-state index is 0.0355. The van der Waals surface area contributed by atoms with Crippen LogP contribution >= 0.6 is 18.7 Å². The lowest BCUT2D eigenvalue weighted by atomic mass is 9.85. The molecule has 1 saturated heterocycles. The van der Waals surface area contributed by atoms with Crippen LogP contribution in [0.4, 0.5) is 9.93 Å². The van der Waals surface area contributed by atoms with Crippen LogP contribution in [0.2, 0.25) is 0 Å². The highest BCUT2D eigenvalue weighted by Crippen LogP contribution is 2.70. The summed E-state index contributed by atoms with van der Waals surface area (Å²) in [5, 5.41) is 11.1. The van der Waals surface area contributed by atoms with Crippen LogP contribution in [0.25, 0.3) is 22.3 Å². The molecule has 0 bridgehead atoms. The number of likely N-dealkylation sites (tertiary alicyclic amines) is 1. The molecule has 3 amide bonds. The number of alkyl carbamates (subject to hydrolysis) is 1. The summed E-state index contributed by atoms with van der Waals surface area (Å²) in [6, 6.07) is 13.5. The van der Waals surface area contributed by atoms with E-state index in [1.54, 1.807) is 61.7 Å². The number of esters is 1. The molecule has 2 saturated carbocycles. The molecule has 16 nitrogen and oxygen atoms in total. The maximum absolute atomic E-state index is 14.9. The summed E-state index contributed by atoms with van der Waals surface area (Å²) in [6.45, 7) is 14.2. The lowest BCUT2D eigenvalue weighted by Crippen LogP contribution is -2.58. The summed E-state index contributed by atoms with van der Waals surface area (Å²) in [5.74, 6) is -1.18. The molecule has 18 heteroatoms. The predicted molar refractivity (Wildman–Crippen MR) is 248 cm³/mol. The molecule has 3 aliphatic rings. The molecule has 2 aliphatic carbocycles. The third kappa shape index (κ3) is 10.8. The van der Waals surface area contributed by atoms with E-state index in [9.17, 15) is 23.7 Å². The van der Waals surface area contributed by atoms with Gasteiger partial charge in [0.15, 0.2) is 11.9 Å². The standard InChI is InChI=1S/C47H59N6O10PS/c1-9-30-24-47(30,64(8,58)61-27-60-43(56)29-15-11-10-12-16-29)52-41(54)38-22-33(25-53(38)42(55)40(46(4,5)6)51-45(57)63-31-17-13-14-18-31)62-39-23-36(37-26-65-44(50-37)48-28(2)3)49-35-21-32(59-7)19-20-34(35)39/h9-12,15-16,19-21,23,26,28,30-31,33,38,40H,1,13-14,17-18,22,24-25,27H2,2-8H3,(H,48,50)(H,51,57)(H,52,54)/t30-,33?,38+,40-,47+,64?/m1/s1. The van der Waals surface area contributed by atoms with Gasteiger partial charge >= 0.3 is 12.1 Å². The van der Waals surface area contributed by atoms with Gasteiger partial charge in [-0.15, -0.1) is 17.9 Å². The smallest absolute Gasteiger partial charge is 0.408 e. The third-order valence-electron chi connectivity index (χ3n) is 12.1. The van der Waals surface area contributed by atoms with E-state index in [2.05, 4.69) is 22.5 Å². The summed E-state index contributed by atoms with van der Waals surface area (Å²) in [4.78, 5) is 66.9. The molecule has 0 spiro atoms. The summed E-state index contributed by atoms with van der Waals surface area (Å²) in [5.41, 5.74) is 1.24. The van der Waals surface area contributed by atoms with Crippen LogP contribution in [0.5, 0.6) is 11.5 Å². The zero-order valence-electron chi connectivity index (χ0n) is 38.0. The first-order chi connectivity index (χ1) is 30.9. The number of hydrogen-bond acceptors (Lipinski definition) is 14. The van der Waals surface area contributed by atoms with Crippen molar-refractivity contribution in [1.82, 2.24) is 25.5 Å². The summed E-state index contributed by atoms with van der Waals surface area (Å²) in [7, 11) is -2.21. The molecule has 0 radical (unpaired) electrons. The van der Waals surface area contributed by atoms with Crippen molar-refractivity contribution in [2.75, 3.05) is 32.4 Å². The molecule has 348 valence electrons. The fourth-order valence-electron chi connectivity index (χ4n) is 8.43. The molecule has 4 aromatic rings. The van der Waals surface area contributed by atoms with Crippen LogP contribution < -0.4 is 25.4 Å². The normalized spacial score (nSPS) is 22.2. The Bertz CT molecular complexity index is 2450. The maximum Gasteiger partial charge on any atom is 0.408 e. The Morgan fingerprint density at radius 3 is 2.43 bits per heavy atom. The van der Waals surface area contributed by atoms with Gasteiger partial charge in [0.2, 0.25) is 19.2 Å². The lowest BCUT2D eigenvalue weighted by Gasteiger charge is -2.36. The van der Waals surface area contributed by atoms with Gasteiger partial charge in [0, 0.05) is 47.9 Å². The van der Waals surface area contributed by atoms with Gasteiger partial charge in [-0.25, -0.2) is 19.6 Å². The fourth-order valence-corrected chi connectivity index (χ4v) is 11.3. The van der Waals surface area contributed by atoms with Crippen molar-refractivity contribution in [2.24, 2.45) is 11.3 Å². The monoisotopic (exact) mass is 930 g/mol. The SMILES string of the molecule is C=C[C@@H]1C[C@]1(NC(=O)[C@@H]1CC(Oc2cc(-c3csc(NC(C)C)n3)nc3cc(OC)ccc23)CN1C(=O)[C@@H](NC(=O)OC1CCCC1)C(C)(C)C)P(C)(=O)OCOC(=O)c1ccccc1. The first kappa shape index (κ1) is 47.5. The molecular weight excluding hydrogens is 872 g/mol. The van der Waals surface area contributed by atoms with Crippen molar-refractivity contribution in [3.63, 3.8) is 0 Å². The highest BCUT2D eigenvalue weighted by Gasteiger charge is 2.65. The van der Waals surface area contributed by atoms with Crippen LogP contribution in [0.15, 0.2) is 72.6 Å². The van der Waals surface area contributed by atoms with Gasteiger partial charge in [-0.05, 0) is 75.6 Å². The Labute approximate surface area is 383 Å². The Morgan fingerprint density at radius 1 is 1.03 bits per heavy atom. The first-order valence-electron chi connectivity index (χ1n) is 22.0. The second-order valence-corrected chi connectivity index (χ2v) is 21.9. The highest BCUT2D eigenvalue weighted by atomic mass is 32.1. The Kier molecular flexibility index (Phi) is 14.3. The number of benzene rings is 2. The van der Waals surface area contributed by atoms with Crippen LogP contribution in [0.3, 0.4) is 0 Å². The van der Waals surface area contributed by atoms with Crippen molar-refractivity contribution in [3.05, 3.63) is 78.2 Å². The van der Waals surface area contributed by atoms with Gasteiger partial charge in [-0.2, -0.15) is 0 Å². The number of pyridine rings is 1. The number of anilines is 1. The fraction of sp³-hybridized carbons (Fsp3) is 0.489. The van der Waals surface area contributed by atoms with E-state index in [4.69, 9.17) is 33.4 Å². The first-order valence-corrected chi connectivity index (χ1v) is 24.9. The average molecular weight is 931 g/mol. The highest BCUT2D eigenvalue weighted by molar-refractivity contribution is 7.60. The number of ether oxygens (including phenoxy) is 4. The molecule has 7 rings (SSSR count). The van der Waals surface area contributed by atoms with Crippen LogP contribution in [-0.2, 0) is 28.2 Å². The van der Waals surface area contributed by atoms with E-state index in [-0.39, 0.29) is 31.5 Å². The van der Waals surface area contributed by atoms with E-state index >= 15 is 0 Å². The quantitative estimate of drug-likeness (QED) is 0.0396. The Balaban J connectivity index is 1.18. The van der Waals surface area contributed by atoms with Crippen molar-refractivity contribution in [3.8, 4) is 22.9 Å². The van der Waals surface area contributed by atoms with Gasteiger partial charge in [-0.3, -0.25) is 18.7 Å². The maximum atomic E-state index is 14.9. The van der Waals surface area contributed by atoms with E-state index < -0.39 is 72.8 Å². The van der Waals surface area contributed by atoms with Crippen molar-refractivity contribution >= 4 is 58.6 Å². The summed E-state index contributed by atoms with van der Waals surface area (Å²) in [6.07, 6.45) is 3.60. The predicted octanol–water partition coefficient (Wildman–Crippen LogP) is 8.38. The van der Waals surface area contributed by atoms with Crippen molar-refractivity contribution in [2.45, 2.75) is 109 Å². The summed E-state index contributed by atoms with van der Waals surface area (Å²) < 4.78 is 43.6. The van der Waals surface area contributed by atoms with Crippen molar-refractivity contribution < 1.29 is 47.2 Å². The molecule has 3 fully saturated rings. The number of aromatic nitrogens is 2. The van der Waals surface area contributed by atoms with Crippen LogP contribution in [0.1, 0.15) is 83.5 Å². The largest absolute Gasteiger partial charge is 0.497 e. The molecule has 65 heavy (non-hydrogen) atoms. The molecular formula is C47H59N6O10PS. The number of amides is 3. The number of carbonyl (C=O) groups excluding carboxylic acids is 4. The summed E-state index contributed by atoms with van der Waals surface area (Å²) >= 11 is 1.45. The van der Waals surface area contributed by atoms with Gasteiger partial charge in [0.05, 0.1) is 30.4 Å². The molecule has 3 heterocycles. The van der Waals surface area contributed by atoms with E-state index in [1.165, 1.54) is 22.9 Å². The number of nitrogens with one attached hydrogen (secondary N) is 3. The zero-order valence-corrected chi connectivity index (χ0v) is 39.7. The number of rotatable bonds is 17. The molecule has 6 atom stereocenters. The number of fused-ring (bicyclic) bond motifs is 1. The number of nitrogens with zero attached hydrogens (tertiary/aromatic N) is 3. The van der Waals surface area contributed by atoms with Crippen LogP contribution in [0, 0.1) is 11.3 Å². The van der Waals surface area contributed by atoms with Gasteiger partial charge in [-0.1, -0.05) is 45.0 Å². The van der Waals surface area contributed by atoms with E-state index in [1.807, 2.05) is 46.1 Å². The van der Waals surface area contributed by atoms with Gasteiger partial charge in [0.25, 0.3) is 0 Å². The molecule has 1 aliphatic heterocycles. The number of methoxy groups -OCH3 is 1. The zero-order chi connectivity index (χ0) is 46.7. The molecule has 2 aromatic heterocycles. The average Bonchev–Trinajstić information content (AvgIpc) is 3.66. The third-order valence-corrected chi connectivity index (χ3v) is 15.5. The Morgan fingerprint density at radius 2 is 1.77 bits per heavy atom. The lowest BCUT2D eigenvalue weighted by molar-refractivity contribution is -0.142. The number of hydrogen-bond donors (Lipinski definition) is 3.